The van der Waals surface area contributed by atoms with Gasteiger partial charge in [-0.3, -0.25) is 4.79 Å². The molecule has 3 aromatic rings. The van der Waals surface area contributed by atoms with Gasteiger partial charge in [-0.15, -0.1) is 0 Å². The lowest BCUT2D eigenvalue weighted by Gasteiger charge is -2.57. The predicted octanol–water partition coefficient (Wildman–Crippen LogP) is 11.2. The van der Waals surface area contributed by atoms with Gasteiger partial charge in [0.05, 0.1) is 32.0 Å². The van der Waals surface area contributed by atoms with Gasteiger partial charge >= 0.3 is 5.97 Å². The van der Waals surface area contributed by atoms with Crippen LogP contribution in [0.15, 0.2) is 42.5 Å². The Hall–Kier alpha value is -3.39. The third-order valence-electron chi connectivity index (χ3n) is 24.2. The lowest BCUT2D eigenvalue weighted by atomic mass is 9.48. The average Bonchev–Trinajstić information content (AvgIpc) is 4.15. The number of aliphatic hydroxyl groups is 2. The number of aliphatic hydroxyl groups excluding tert-OH is 2. The Labute approximate surface area is 453 Å². The number of aromatic hydroxyl groups is 1. The highest BCUT2D eigenvalue weighted by Crippen LogP contribution is 2.69. The quantitative estimate of drug-likeness (QED) is 0.0974. The lowest BCUT2D eigenvalue weighted by molar-refractivity contribution is -0.154. The largest absolute Gasteiger partial charge is 0.508 e. The summed E-state index contributed by atoms with van der Waals surface area (Å²) in [6, 6.07) is 15.7. The first-order chi connectivity index (χ1) is 36.5. The molecule has 11 aliphatic rings. The van der Waals surface area contributed by atoms with Crippen molar-refractivity contribution in [2.75, 3.05) is 19.8 Å². The van der Waals surface area contributed by atoms with Crippen LogP contribution in [0.2, 0.25) is 0 Å². The molecule has 14 rings (SSSR count). The van der Waals surface area contributed by atoms with Crippen LogP contribution >= 0.6 is 0 Å². The molecule has 0 radical (unpaired) electrons. The summed E-state index contributed by atoms with van der Waals surface area (Å²) in [7, 11) is 0. The SMILES string of the molecule is CC(=O)OC1CC[C@H]2[C@@H]3C[C@@H](CON)c4cc(C)ccc4[C@H]3CC[C@]12C.C[C@]12CC3CCc4cc(O)cc5c4[C@@H]3[C@@H](C[C@H]5CON)[C@@H]1CCC2O.Cc1cc2c3c(c1)[C@H](CON)C[C@@H]1[C@@H]3C(CC2)C[C@]2(C)C(O)CC[C@@H]12. The topological polar surface area (TPSA) is 193 Å². The van der Waals surface area contributed by atoms with Gasteiger partial charge in [-0.1, -0.05) is 62.2 Å². The molecule has 6 saturated carbocycles. The van der Waals surface area contributed by atoms with Crippen LogP contribution in [0.3, 0.4) is 0 Å². The van der Waals surface area contributed by atoms with Crippen molar-refractivity contribution in [1.82, 2.24) is 0 Å². The zero-order valence-electron chi connectivity index (χ0n) is 46.6. The first-order valence-corrected chi connectivity index (χ1v) is 30.1. The van der Waals surface area contributed by atoms with Gasteiger partial charge in [0.1, 0.15) is 11.9 Å². The van der Waals surface area contributed by atoms with Gasteiger partial charge in [0.15, 0.2) is 0 Å². The number of esters is 1. The number of nitrogens with two attached hydrogens (primary N) is 3. The Kier molecular flexibility index (Phi) is 14.2. The molecule has 0 spiro atoms. The molecule has 11 nitrogen and oxygen atoms in total. The number of phenolic OH excluding ortho intramolecular Hbond substituents is 1. The zero-order valence-corrected chi connectivity index (χ0v) is 46.6. The summed E-state index contributed by atoms with van der Waals surface area (Å²) in [5, 5.41) is 31.7. The number of carbonyl (C=O) groups is 1. The van der Waals surface area contributed by atoms with Crippen molar-refractivity contribution in [2.45, 2.75) is 205 Å². The molecule has 0 amide bonds. The maximum absolute atomic E-state index is 11.6. The molecule has 0 bridgehead atoms. The van der Waals surface area contributed by atoms with E-state index in [1.54, 1.807) is 11.1 Å². The lowest BCUT2D eigenvalue weighted by Crippen LogP contribution is -2.50. The highest BCUT2D eigenvalue weighted by molar-refractivity contribution is 5.66. The zero-order chi connectivity index (χ0) is 53.2. The van der Waals surface area contributed by atoms with Crippen molar-refractivity contribution in [2.24, 2.45) is 81.3 Å². The number of fused-ring (bicyclic) bond motifs is 9. The highest BCUT2D eigenvalue weighted by Gasteiger charge is 2.62. The summed E-state index contributed by atoms with van der Waals surface area (Å²) in [6.45, 7) is 14.7. The number of phenols is 1. The Morgan fingerprint density at radius 1 is 0.579 bits per heavy atom. The summed E-state index contributed by atoms with van der Waals surface area (Å²) < 4.78 is 5.74. The van der Waals surface area contributed by atoms with Gasteiger partial charge < -0.3 is 34.6 Å². The Morgan fingerprint density at radius 3 is 1.64 bits per heavy atom. The highest BCUT2D eigenvalue weighted by atomic mass is 16.6. The van der Waals surface area contributed by atoms with E-state index >= 15 is 0 Å². The fraction of sp³-hybridized carbons (Fsp3) is 0.708. The van der Waals surface area contributed by atoms with Crippen LogP contribution in [0, 0.1) is 77.4 Å². The van der Waals surface area contributed by atoms with E-state index < -0.39 is 0 Å². The predicted molar refractivity (Wildman–Crippen MR) is 294 cm³/mol. The molecule has 11 heteroatoms. The van der Waals surface area contributed by atoms with Crippen LogP contribution < -0.4 is 17.7 Å². The van der Waals surface area contributed by atoms with E-state index in [0.717, 1.165) is 70.1 Å². The van der Waals surface area contributed by atoms with Gasteiger partial charge in [0.25, 0.3) is 0 Å². The molecule has 9 N–H and O–H groups in total. The normalized spacial score (nSPS) is 42.2. The minimum absolute atomic E-state index is 0.0753. The number of carbonyl (C=O) groups excluding carboxylic acids is 1. The third-order valence-corrected chi connectivity index (χ3v) is 24.2. The second kappa shape index (κ2) is 20.3. The van der Waals surface area contributed by atoms with Gasteiger partial charge in [-0.2, -0.15) is 0 Å². The van der Waals surface area contributed by atoms with E-state index in [-0.39, 0.29) is 46.4 Å². The van der Waals surface area contributed by atoms with Crippen LogP contribution in [0.4, 0.5) is 0 Å². The molecular formula is C65H91N3O8. The van der Waals surface area contributed by atoms with E-state index in [4.69, 9.17) is 36.9 Å². The number of aryl methyl sites for hydroxylation is 4. The second-order valence-corrected chi connectivity index (χ2v) is 27.9. The van der Waals surface area contributed by atoms with E-state index in [1.807, 2.05) is 12.1 Å². The first-order valence-electron chi connectivity index (χ1n) is 30.1. The summed E-state index contributed by atoms with van der Waals surface area (Å²) in [4.78, 5) is 26.9. The molecule has 414 valence electrons. The van der Waals surface area contributed by atoms with Gasteiger partial charge in [0.2, 0.25) is 0 Å². The van der Waals surface area contributed by atoms with Crippen LogP contribution in [-0.4, -0.2) is 59.4 Å². The Morgan fingerprint density at radius 2 is 1.08 bits per heavy atom. The van der Waals surface area contributed by atoms with Crippen molar-refractivity contribution >= 4 is 5.97 Å². The van der Waals surface area contributed by atoms with E-state index in [1.165, 1.54) is 96.4 Å². The maximum Gasteiger partial charge on any atom is 0.302 e. The van der Waals surface area contributed by atoms with Crippen LogP contribution in [0.1, 0.15) is 215 Å². The van der Waals surface area contributed by atoms with Crippen molar-refractivity contribution < 1.29 is 39.4 Å². The average molecular weight is 1040 g/mol. The fourth-order valence-electron chi connectivity index (χ4n) is 21.3. The molecule has 3 aromatic carbocycles. The van der Waals surface area contributed by atoms with Crippen molar-refractivity contribution in [3.63, 3.8) is 0 Å². The van der Waals surface area contributed by atoms with Crippen LogP contribution in [0.5, 0.6) is 5.75 Å². The second-order valence-electron chi connectivity index (χ2n) is 27.9. The van der Waals surface area contributed by atoms with Crippen molar-refractivity contribution in [3.8, 4) is 5.75 Å². The molecule has 11 aliphatic carbocycles. The number of ether oxygens (including phenoxy) is 1. The van der Waals surface area contributed by atoms with E-state index in [0.29, 0.717) is 96.6 Å². The van der Waals surface area contributed by atoms with Crippen LogP contribution in [0.25, 0.3) is 0 Å². The molecule has 20 atom stereocenters. The smallest absolute Gasteiger partial charge is 0.302 e. The molecule has 6 fully saturated rings. The van der Waals surface area contributed by atoms with Gasteiger partial charge in [-0.05, 0) is 256 Å². The van der Waals surface area contributed by atoms with Gasteiger partial charge in [-0.25, -0.2) is 17.7 Å². The third kappa shape index (κ3) is 8.59. The number of rotatable bonds is 7. The molecule has 0 heterocycles. The van der Waals surface area contributed by atoms with E-state index in [2.05, 4.69) is 65.0 Å². The summed E-state index contributed by atoms with van der Waals surface area (Å²) in [5.74, 6) is 24.8. The number of hydrogen-bond acceptors (Lipinski definition) is 11. The first kappa shape index (κ1) is 53.3. The molecular weight excluding hydrogens is 951 g/mol. The van der Waals surface area contributed by atoms with Crippen molar-refractivity contribution in [1.29, 1.82) is 0 Å². The minimum atomic E-state index is -0.148. The van der Waals surface area contributed by atoms with E-state index in [9.17, 15) is 20.1 Å². The standard InChI is InChI=1S/C22H31NO3.C22H31NO2.C21H29NO3/c1-13-4-5-16-17-8-9-22(3)20(6-7-21(22)26-14(2)24)19(17)11-15(12-25-23)18(16)10-13;1-12-7-13-3-4-14-10-22(2)18(5-6-19(22)24)17-9-15(11-25-23)16(8-12)20(13)21(14)17;1-21-9-12-3-2-11-6-14(23)8-15-13(10-25-22)7-16(20(12)19(11)15)17(21)4-5-18(21)24/h4-5,10,15,17,19-21H,6-9,11-12,23H2,1-3H3;7-8,14-15,17-19,21,24H,3-6,9-11,23H2,1-2H3;6,8,12-13,16-18,20,23-24H,2-5,7,9-10,22H2,1H3/t15-,17+,19+,20-,21?,22-;14?,15-,17-,18-,19?,21-,22-;12?,13-,16-,17-,18?,20-,21-/m000/s1. The molecule has 0 aliphatic heterocycles. The fourth-order valence-corrected chi connectivity index (χ4v) is 21.3. The summed E-state index contributed by atoms with van der Waals surface area (Å²) in [5.41, 5.74) is 14.8. The molecule has 5 unspecified atom stereocenters. The summed E-state index contributed by atoms with van der Waals surface area (Å²) >= 11 is 0. The summed E-state index contributed by atoms with van der Waals surface area (Å²) in [6.07, 6.45) is 19.0. The van der Waals surface area contributed by atoms with Crippen LogP contribution in [-0.2, 0) is 36.9 Å². The maximum atomic E-state index is 11.6. The molecule has 0 aromatic heterocycles. The molecule has 0 saturated heterocycles. The molecule has 76 heavy (non-hydrogen) atoms. The number of hydrogen-bond donors (Lipinski definition) is 6. The van der Waals surface area contributed by atoms with Crippen molar-refractivity contribution in [3.05, 3.63) is 98.1 Å². The minimum Gasteiger partial charge on any atom is -0.508 e. The monoisotopic (exact) mass is 1040 g/mol. The number of benzene rings is 3. The Balaban J connectivity index is 0.000000115. The van der Waals surface area contributed by atoms with Gasteiger partial charge in [0, 0.05) is 30.1 Å². The Bertz CT molecular complexity index is 2560.